The largest absolute Gasteiger partial charge is 0.368 e. The van der Waals surface area contributed by atoms with E-state index < -0.39 is 6.23 Å². The topological polar surface area (TPSA) is 106 Å². The fourth-order valence-electron chi connectivity index (χ4n) is 3.40. The van der Waals surface area contributed by atoms with Crippen LogP contribution in [0.15, 0.2) is 59.7 Å². The Morgan fingerprint density at radius 1 is 1.03 bits per heavy atom. The molecule has 0 radical (unpaired) electrons. The van der Waals surface area contributed by atoms with Crippen molar-refractivity contribution in [3.8, 4) is 11.4 Å². The van der Waals surface area contributed by atoms with E-state index in [2.05, 4.69) is 25.8 Å². The van der Waals surface area contributed by atoms with E-state index in [1.165, 1.54) is 0 Å². The summed E-state index contributed by atoms with van der Waals surface area (Å²) in [5.41, 5.74) is 5.86. The zero-order chi connectivity index (χ0) is 23.4. The highest BCUT2D eigenvalue weighted by atomic mass is 16.3. The van der Waals surface area contributed by atoms with Crippen LogP contribution in [0.2, 0.25) is 0 Å². The molecular formula is C24H27N7O2. The number of hydrogen-bond acceptors (Lipinski definition) is 8. The van der Waals surface area contributed by atoms with Gasteiger partial charge in [-0.2, -0.15) is 5.10 Å². The Balaban J connectivity index is 1.60. The molecule has 3 N–H and O–H groups in total. The van der Waals surface area contributed by atoms with Crippen molar-refractivity contribution in [2.75, 3.05) is 39.5 Å². The second-order valence-electron chi connectivity index (χ2n) is 8.08. The maximum Gasteiger partial charge on any atom is 0.253 e. The van der Waals surface area contributed by atoms with Crippen molar-refractivity contribution in [3.63, 3.8) is 0 Å². The van der Waals surface area contributed by atoms with Crippen LogP contribution in [0.5, 0.6) is 0 Å². The molecular weight excluding hydrogens is 418 g/mol. The lowest BCUT2D eigenvalue weighted by Crippen LogP contribution is -2.33. The van der Waals surface area contributed by atoms with Gasteiger partial charge in [-0.1, -0.05) is 30.3 Å². The number of aromatic nitrogens is 2. The van der Waals surface area contributed by atoms with Crippen molar-refractivity contribution in [1.82, 2.24) is 25.2 Å². The molecule has 0 fully saturated rings. The van der Waals surface area contributed by atoms with E-state index >= 15 is 0 Å². The number of rotatable bonds is 7. The van der Waals surface area contributed by atoms with Gasteiger partial charge in [0.15, 0.2) is 12.1 Å². The van der Waals surface area contributed by atoms with Crippen LogP contribution in [0.3, 0.4) is 0 Å². The Morgan fingerprint density at radius 2 is 1.76 bits per heavy atom. The number of nitrogens with zero attached hydrogens (tertiary/aromatic N) is 5. The molecule has 0 saturated heterocycles. The van der Waals surface area contributed by atoms with Gasteiger partial charge in [0.05, 0.1) is 17.5 Å². The Kier molecular flexibility index (Phi) is 6.62. The highest BCUT2D eigenvalue weighted by molar-refractivity contribution is 5.94. The maximum atomic E-state index is 12.7. The highest BCUT2D eigenvalue weighted by Crippen LogP contribution is 2.30. The molecule has 4 rings (SSSR count). The lowest BCUT2D eigenvalue weighted by molar-refractivity contribution is 0.0786. The molecule has 1 atom stereocenters. The SMILES string of the molecule is CN(C)CCN(C)C(=O)c1ccc(Nc2nc(-c3ccccc3)nc3c2C(O)NN=C3)cc1. The Labute approximate surface area is 192 Å². The molecule has 33 heavy (non-hydrogen) atoms. The van der Waals surface area contributed by atoms with Gasteiger partial charge in [-0.15, -0.1) is 0 Å². The third kappa shape index (κ3) is 5.16. The lowest BCUT2D eigenvalue weighted by atomic mass is 10.1. The molecule has 1 aliphatic heterocycles. The number of hydrogen-bond donors (Lipinski definition) is 3. The number of aliphatic hydroxyl groups excluding tert-OH is 1. The number of aliphatic hydroxyl groups is 1. The van der Waals surface area contributed by atoms with Crippen LogP contribution in [-0.4, -0.2) is 71.2 Å². The minimum atomic E-state index is -1.04. The number of likely N-dealkylation sites (N-methyl/N-ethyl adjacent to an activating group) is 2. The third-order valence-corrected chi connectivity index (χ3v) is 5.29. The summed E-state index contributed by atoms with van der Waals surface area (Å²) in [5.74, 6) is 0.948. The van der Waals surface area contributed by atoms with Crippen molar-refractivity contribution in [2.24, 2.45) is 5.10 Å². The van der Waals surface area contributed by atoms with Crippen LogP contribution in [0.1, 0.15) is 27.8 Å². The number of amides is 1. The van der Waals surface area contributed by atoms with E-state index in [1.54, 1.807) is 30.3 Å². The predicted octanol–water partition coefficient (Wildman–Crippen LogP) is 2.45. The van der Waals surface area contributed by atoms with Crippen LogP contribution < -0.4 is 10.7 Å². The first-order valence-corrected chi connectivity index (χ1v) is 10.6. The van der Waals surface area contributed by atoms with E-state index in [-0.39, 0.29) is 5.91 Å². The average Bonchev–Trinajstić information content (AvgIpc) is 2.83. The summed E-state index contributed by atoms with van der Waals surface area (Å²) in [6.07, 6.45) is 0.524. The van der Waals surface area contributed by atoms with Gasteiger partial charge in [0.1, 0.15) is 5.82 Å². The van der Waals surface area contributed by atoms with Gasteiger partial charge in [0.25, 0.3) is 5.91 Å². The summed E-state index contributed by atoms with van der Waals surface area (Å²) in [4.78, 5) is 25.7. The van der Waals surface area contributed by atoms with Crippen molar-refractivity contribution in [3.05, 3.63) is 71.4 Å². The molecule has 0 aliphatic carbocycles. The van der Waals surface area contributed by atoms with E-state index in [1.807, 2.05) is 61.5 Å². The highest BCUT2D eigenvalue weighted by Gasteiger charge is 2.23. The first kappa shape index (κ1) is 22.4. The van der Waals surface area contributed by atoms with Gasteiger partial charge in [0, 0.05) is 37.0 Å². The predicted molar refractivity (Wildman–Crippen MR) is 128 cm³/mol. The number of fused-ring (bicyclic) bond motifs is 1. The second kappa shape index (κ2) is 9.76. The minimum absolute atomic E-state index is 0.0370. The van der Waals surface area contributed by atoms with Gasteiger partial charge in [-0.05, 0) is 38.4 Å². The van der Waals surface area contributed by atoms with E-state index in [4.69, 9.17) is 0 Å². The van der Waals surface area contributed by atoms with Crippen LogP contribution in [0.4, 0.5) is 11.5 Å². The molecule has 0 saturated carbocycles. The monoisotopic (exact) mass is 445 g/mol. The van der Waals surface area contributed by atoms with Crippen molar-refractivity contribution in [1.29, 1.82) is 0 Å². The average molecular weight is 446 g/mol. The Bertz CT molecular complexity index is 1150. The summed E-state index contributed by atoms with van der Waals surface area (Å²) in [5, 5.41) is 17.7. The molecule has 9 nitrogen and oxygen atoms in total. The summed E-state index contributed by atoms with van der Waals surface area (Å²) in [7, 11) is 5.75. The van der Waals surface area contributed by atoms with Gasteiger partial charge in [0.2, 0.25) is 0 Å². The third-order valence-electron chi connectivity index (χ3n) is 5.29. The first-order valence-electron chi connectivity index (χ1n) is 10.6. The molecule has 0 bridgehead atoms. The molecule has 170 valence electrons. The Hall–Kier alpha value is -3.82. The normalized spacial score (nSPS) is 14.5. The summed E-state index contributed by atoms with van der Waals surface area (Å²) < 4.78 is 0. The zero-order valence-corrected chi connectivity index (χ0v) is 18.9. The van der Waals surface area contributed by atoms with Crippen molar-refractivity contribution in [2.45, 2.75) is 6.23 Å². The van der Waals surface area contributed by atoms with Crippen molar-refractivity contribution >= 4 is 23.6 Å². The fourth-order valence-corrected chi connectivity index (χ4v) is 3.40. The minimum Gasteiger partial charge on any atom is -0.368 e. The number of carbonyl (C=O) groups excluding carboxylic acids is 1. The Morgan fingerprint density at radius 3 is 2.45 bits per heavy atom. The number of carbonyl (C=O) groups is 1. The molecule has 0 spiro atoms. The summed E-state index contributed by atoms with van der Waals surface area (Å²) >= 11 is 0. The van der Waals surface area contributed by atoms with E-state index in [0.717, 1.165) is 17.8 Å². The number of nitrogens with one attached hydrogen (secondary N) is 2. The van der Waals surface area contributed by atoms with Crippen LogP contribution >= 0.6 is 0 Å². The van der Waals surface area contributed by atoms with Crippen molar-refractivity contribution < 1.29 is 9.90 Å². The molecule has 2 aromatic carbocycles. The van der Waals surface area contributed by atoms with Gasteiger partial charge >= 0.3 is 0 Å². The van der Waals surface area contributed by atoms with Crippen LogP contribution in [0.25, 0.3) is 11.4 Å². The van der Waals surface area contributed by atoms with Crippen LogP contribution in [0, 0.1) is 0 Å². The molecule has 1 amide bonds. The molecule has 1 aromatic heterocycles. The molecule has 1 unspecified atom stereocenters. The standard InChI is InChI=1S/C24H27N7O2/c1-30(2)13-14-31(3)24(33)17-9-11-18(12-10-17)26-22-20-19(15-25-29-23(20)32)27-21(28-22)16-7-5-4-6-8-16/h4-12,15,23,29,32H,13-14H2,1-3H3,(H,26,27,28). The molecule has 1 aliphatic rings. The summed E-state index contributed by atoms with van der Waals surface area (Å²) in [6, 6.07) is 16.8. The van der Waals surface area contributed by atoms with E-state index in [0.29, 0.717) is 35.0 Å². The summed E-state index contributed by atoms with van der Waals surface area (Å²) in [6.45, 7) is 1.44. The maximum absolute atomic E-state index is 12.7. The molecule has 2 heterocycles. The first-order chi connectivity index (χ1) is 15.9. The molecule has 9 heteroatoms. The fraction of sp³-hybridized carbons (Fsp3) is 0.250. The smallest absolute Gasteiger partial charge is 0.253 e. The number of benzene rings is 2. The zero-order valence-electron chi connectivity index (χ0n) is 18.9. The quantitative estimate of drug-likeness (QED) is 0.513. The lowest BCUT2D eigenvalue weighted by Gasteiger charge is -2.22. The molecule has 3 aromatic rings. The van der Waals surface area contributed by atoms with Gasteiger partial charge in [-0.3, -0.25) is 10.2 Å². The van der Waals surface area contributed by atoms with Crippen LogP contribution in [-0.2, 0) is 0 Å². The van der Waals surface area contributed by atoms with E-state index in [9.17, 15) is 9.90 Å². The van der Waals surface area contributed by atoms with Gasteiger partial charge < -0.3 is 20.2 Å². The van der Waals surface area contributed by atoms with Gasteiger partial charge in [-0.25, -0.2) is 9.97 Å². The number of hydrazone groups is 1. The second-order valence-corrected chi connectivity index (χ2v) is 8.08. The number of anilines is 2.